The fourth-order valence-corrected chi connectivity index (χ4v) is 1.32. The number of aryl methyl sites for hydroxylation is 1. The summed E-state index contributed by atoms with van der Waals surface area (Å²) in [6.45, 7) is 1.79. The fourth-order valence-electron chi connectivity index (χ4n) is 1.32. The molecule has 2 aromatic heterocycles. The van der Waals surface area contributed by atoms with E-state index in [4.69, 9.17) is 5.11 Å². The number of nitrogens with zero attached hydrogens (tertiary/aromatic N) is 3. The van der Waals surface area contributed by atoms with Crippen LogP contribution in [0, 0.1) is 6.92 Å². The Morgan fingerprint density at radius 3 is 3.07 bits per heavy atom. The van der Waals surface area contributed by atoms with E-state index in [1.807, 2.05) is 12.1 Å². The number of carboxylic acids is 1. The molecular formula is C10H9N3O2. The minimum atomic E-state index is -0.983. The maximum Gasteiger partial charge on any atom is 0.328 e. The molecule has 2 rings (SSSR count). The lowest BCUT2D eigenvalue weighted by atomic mass is 10.3. The Bertz CT molecular complexity index is 543. The van der Waals surface area contributed by atoms with E-state index in [0.717, 1.165) is 6.08 Å². The van der Waals surface area contributed by atoms with Gasteiger partial charge in [0.2, 0.25) is 0 Å². The predicted octanol–water partition coefficient (Wildman–Crippen LogP) is 1.14. The number of fused-ring (bicyclic) bond motifs is 1. The molecule has 0 aliphatic heterocycles. The number of hydrogen-bond acceptors (Lipinski definition) is 3. The Labute approximate surface area is 85.7 Å². The van der Waals surface area contributed by atoms with Gasteiger partial charge in [0, 0.05) is 6.08 Å². The highest BCUT2D eigenvalue weighted by Crippen LogP contribution is 2.07. The first-order chi connectivity index (χ1) is 7.16. The molecule has 0 aliphatic rings. The first-order valence-corrected chi connectivity index (χ1v) is 4.40. The summed E-state index contributed by atoms with van der Waals surface area (Å²) >= 11 is 0. The molecule has 2 aromatic rings. The third kappa shape index (κ3) is 1.85. The monoisotopic (exact) mass is 203 g/mol. The summed E-state index contributed by atoms with van der Waals surface area (Å²) in [5.74, 6) is -0.324. The molecule has 0 saturated heterocycles. The maximum atomic E-state index is 10.4. The first kappa shape index (κ1) is 9.39. The number of pyridine rings is 1. The molecule has 2 heterocycles. The Hall–Kier alpha value is -2.17. The zero-order valence-corrected chi connectivity index (χ0v) is 8.08. The molecule has 0 saturated carbocycles. The molecule has 0 aliphatic carbocycles. The number of aliphatic carboxylic acids is 1. The highest BCUT2D eigenvalue weighted by Gasteiger charge is 2.01. The van der Waals surface area contributed by atoms with Crippen molar-refractivity contribution in [3.05, 3.63) is 35.8 Å². The molecule has 0 amide bonds. The molecule has 0 spiro atoms. The molecule has 0 unspecified atom stereocenters. The van der Waals surface area contributed by atoms with E-state index in [2.05, 4.69) is 10.1 Å². The molecule has 5 heteroatoms. The Morgan fingerprint density at radius 2 is 2.33 bits per heavy atom. The van der Waals surface area contributed by atoms with Crippen LogP contribution in [0.1, 0.15) is 11.5 Å². The topological polar surface area (TPSA) is 67.5 Å². The van der Waals surface area contributed by atoms with Crippen molar-refractivity contribution in [3.63, 3.8) is 0 Å². The van der Waals surface area contributed by atoms with Crippen molar-refractivity contribution >= 4 is 17.7 Å². The largest absolute Gasteiger partial charge is 0.478 e. The van der Waals surface area contributed by atoms with Gasteiger partial charge in [0.05, 0.1) is 5.69 Å². The van der Waals surface area contributed by atoms with Gasteiger partial charge in [0.25, 0.3) is 0 Å². The second-order valence-electron chi connectivity index (χ2n) is 3.05. The van der Waals surface area contributed by atoms with Crippen molar-refractivity contribution < 1.29 is 9.90 Å². The lowest BCUT2D eigenvalue weighted by molar-refractivity contribution is -0.131. The predicted molar refractivity (Wildman–Crippen MR) is 54.4 cm³/mol. The van der Waals surface area contributed by atoms with Gasteiger partial charge in [0.1, 0.15) is 5.82 Å². The van der Waals surface area contributed by atoms with Crippen molar-refractivity contribution in [1.82, 2.24) is 14.6 Å². The van der Waals surface area contributed by atoms with E-state index in [1.165, 1.54) is 6.08 Å². The summed E-state index contributed by atoms with van der Waals surface area (Å²) in [6, 6.07) is 5.41. The van der Waals surface area contributed by atoms with Crippen LogP contribution in [0.4, 0.5) is 0 Å². The van der Waals surface area contributed by atoms with E-state index in [9.17, 15) is 4.79 Å². The summed E-state index contributed by atoms with van der Waals surface area (Å²) in [5.41, 5.74) is 1.40. The van der Waals surface area contributed by atoms with Gasteiger partial charge in [-0.05, 0) is 25.1 Å². The standard InChI is InChI=1S/C10H9N3O2/c1-7-11-9-4-2-3-8(13(9)12-7)5-6-10(14)15/h2-6H,1H3,(H,14,15). The molecular weight excluding hydrogens is 194 g/mol. The number of aromatic nitrogens is 3. The summed E-state index contributed by atoms with van der Waals surface area (Å²) in [7, 11) is 0. The van der Waals surface area contributed by atoms with E-state index in [0.29, 0.717) is 17.2 Å². The lowest BCUT2D eigenvalue weighted by Gasteiger charge is -1.96. The van der Waals surface area contributed by atoms with Gasteiger partial charge in [0.15, 0.2) is 5.65 Å². The zero-order chi connectivity index (χ0) is 10.8. The van der Waals surface area contributed by atoms with Crippen LogP contribution < -0.4 is 0 Å². The molecule has 76 valence electrons. The van der Waals surface area contributed by atoms with Crippen LogP contribution in [-0.4, -0.2) is 25.7 Å². The molecule has 0 fully saturated rings. The summed E-state index contributed by atoms with van der Waals surface area (Å²) in [6.07, 6.45) is 2.56. The molecule has 0 atom stereocenters. The average molecular weight is 203 g/mol. The van der Waals surface area contributed by atoms with E-state index >= 15 is 0 Å². The molecule has 15 heavy (non-hydrogen) atoms. The van der Waals surface area contributed by atoms with Gasteiger partial charge >= 0.3 is 5.97 Å². The van der Waals surface area contributed by atoms with E-state index < -0.39 is 5.97 Å². The zero-order valence-electron chi connectivity index (χ0n) is 8.08. The van der Waals surface area contributed by atoms with Crippen LogP contribution in [0.25, 0.3) is 11.7 Å². The van der Waals surface area contributed by atoms with Gasteiger partial charge < -0.3 is 5.11 Å². The van der Waals surface area contributed by atoms with Gasteiger partial charge in [-0.1, -0.05) is 6.07 Å². The van der Waals surface area contributed by atoms with Crippen molar-refractivity contribution in [2.24, 2.45) is 0 Å². The van der Waals surface area contributed by atoms with Crippen LogP contribution in [0.3, 0.4) is 0 Å². The molecule has 0 bridgehead atoms. The van der Waals surface area contributed by atoms with E-state index in [1.54, 1.807) is 17.5 Å². The highest BCUT2D eigenvalue weighted by atomic mass is 16.4. The van der Waals surface area contributed by atoms with Crippen LogP contribution in [0.2, 0.25) is 0 Å². The minimum absolute atomic E-state index is 0.658. The van der Waals surface area contributed by atoms with Gasteiger partial charge in [-0.15, -0.1) is 0 Å². The van der Waals surface area contributed by atoms with Crippen LogP contribution in [0.15, 0.2) is 24.3 Å². The number of carbonyl (C=O) groups is 1. The van der Waals surface area contributed by atoms with Crippen molar-refractivity contribution in [2.45, 2.75) is 6.92 Å². The van der Waals surface area contributed by atoms with Crippen molar-refractivity contribution in [2.75, 3.05) is 0 Å². The van der Waals surface area contributed by atoms with Gasteiger partial charge in [-0.25, -0.2) is 14.3 Å². The number of hydrogen-bond donors (Lipinski definition) is 1. The SMILES string of the molecule is Cc1nc2cccc(C=CC(=O)O)n2n1. The third-order valence-corrected chi connectivity index (χ3v) is 1.89. The molecule has 1 N–H and O–H groups in total. The average Bonchev–Trinajstić information content (AvgIpc) is 2.55. The minimum Gasteiger partial charge on any atom is -0.478 e. The van der Waals surface area contributed by atoms with Crippen LogP contribution >= 0.6 is 0 Å². The summed E-state index contributed by atoms with van der Waals surface area (Å²) in [5, 5.41) is 12.7. The van der Waals surface area contributed by atoms with Crippen molar-refractivity contribution in [3.8, 4) is 0 Å². The van der Waals surface area contributed by atoms with Crippen LogP contribution in [0.5, 0.6) is 0 Å². The second-order valence-corrected chi connectivity index (χ2v) is 3.05. The van der Waals surface area contributed by atoms with Crippen LogP contribution in [-0.2, 0) is 4.79 Å². The number of rotatable bonds is 2. The number of carboxylic acid groups (broad SMARTS) is 1. The Morgan fingerprint density at radius 1 is 1.53 bits per heavy atom. The molecule has 0 radical (unpaired) electrons. The van der Waals surface area contributed by atoms with Gasteiger partial charge in [-0.2, -0.15) is 5.10 Å². The lowest BCUT2D eigenvalue weighted by Crippen LogP contribution is -1.94. The smallest absolute Gasteiger partial charge is 0.328 e. The Balaban J connectivity index is 2.55. The summed E-state index contributed by atoms with van der Waals surface area (Å²) in [4.78, 5) is 14.6. The maximum absolute atomic E-state index is 10.4. The normalized spacial score (nSPS) is 11.3. The molecule has 5 nitrogen and oxygen atoms in total. The quantitative estimate of drug-likeness (QED) is 0.743. The summed E-state index contributed by atoms with van der Waals surface area (Å²) < 4.78 is 1.61. The second kappa shape index (κ2) is 3.53. The third-order valence-electron chi connectivity index (χ3n) is 1.89. The van der Waals surface area contributed by atoms with Crippen molar-refractivity contribution in [1.29, 1.82) is 0 Å². The highest BCUT2D eigenvalue weighted by molar-refractivity contribution is 5.85. The fraction of sp³-hybridized carbons (Fsp3) is 0.100. The first-order valence-electron chi connectivity index (χ1n) is 4.40. The van der Waals surface area contributed by atoms with Gasteiger partial charge in [-0.3, -0.25) is 0 Å². The molecule has 0 aromatic carbocycles. The Kier molecular flexibility index (Phi) is 2.21. The van der Waals surface area contributed by atoms with E-state index in [-0.39, 0.29) is 0 Å².